The van der Waals surface area contributed by atoms with Gasteiger partial charge >= 0.3 is 18.1 Å². The van der Waals surface area contributed by atoms with Gasteiger partial charge in [0.15, 0.2) is 12.6 Å². The van der Waals surface area contributed by atoms with Crippen molar-refractivity contribution in [2.75, 3.05) is 26.0 Å². The zero-order valence-corrected chi connectivity index (χ0v) is 17.9. The Morgan fingerprint density at radius 1 is 1.00 bits per heavy atom. The highest BCUT2D eigenvalue weighted by atomic mass is 16.6. The fraction of sp³-hybridized carbons (Fsp3) is 0.190. The molecule has 0 radical (unpaired) electrons. The summed E-state index contributed by atoms with van der Waals surface area (Å²) in [5.41, 5.74) is 6.81. The van der Waals surface area contributed by atoms with E-state index in [1.54, 1.807) is 62.6 Å². The van der Waals surface area contributed by atoms with Gasteiger partial charge in [0.2, 0.25) is 0 Å². The van der Waals surface area contributed by atoms with Gasteiger partial charge in [0.05, 0.1) is 12.0 Å². The number of nitrogens with one attached hydrogen (secondary N) is 2. The Morgan fingerprint density at radius 3 is 2.03 bits per heavy atom. The summed E-state index contributed by atoms with van der Waals surface area (Å²) in [7, 11) is 3.15. The van der Waals surface area contributed by atoms with Gasteiger partial charge < -0.3 is 35.6 Å². The van der Waals surface area contributed by atoms with E-state index in [0.717, 1.165) is 0 Å². The fourth-order valence-corrected chi connectivity index (χ4v) is 2.18. The van der Waals surface area contributed by atoms with Crippen molar-refractivity contribution in [2.45, 2.75) is 6.42 Å². The van der Waals surface area contributed by atoms with Crippen molar-refractivity contribution < 1.29 is 38.9 Å². The van der Waals surface area contributed by atoms with Gasteiger partial charge in [-0.1, -0.05) is 12.1 Å². The van der Waals surface area contributed by atoms with E-state index in [4.69, 9.17) is 35.6 Å². The molecule has 2 aromatic rings. The first-order valence-corrected chi connectivity index (χ1v) is 9.27. The molecule has 0 aromatic heterocycles. The SMILES string of the molecule is CN(C)C(=O)COC(=O)Cc1ccc(OC(=O)c2ccc(NC(=N)N)cc2)cc1.O=C(O)O. The molecular formula is C21H24N4O8. The Kier molecular flexibility index (Phi) is 10.4. The average molecular weight is 460 g/mol. The molecule has 0 saturated carbocycles. The first kappa shape index (κ1) is 26.4. The van der Waals surface area contributed by atoms with Crippen LogP contribution in [0.4, 0.5) is 10.5 Å². The highest BCUT2D eigenvalue weighted by Gasteiger charge is 2.12. The summed E-state index contributed by atoms with van der Waals surface area (Å²) < 4.78 is 10.2. The Morgan fingerprint density at radius 2 is 1.55 bits per heavy atom. The largest absolute Gasteiger partial charge is 0.503 e. The molecule has 0 heterocycles. The fourth-order valence-electron chi connectivity index (χ4n) is 2.18. The molecule has 12 nitrogen and oxygen atoms in total. The Labute approximate surface area is 189 Å². The summed E-state index contributed by atoms with van der Waals surface area (Å²) in [6.45, 7) is -0.303. The van der Waals surface area contributed by atoms with Crippen molar-refractivity contribution in [3.8, 4) is 5.75 Å². The van der Waals surface area contributed by atoms with Crippen molar-refractivity contribution in [3.63, 3.8) is 0 Å². The van der Waals surface area contributed by atoms with E-state index in [2.05, 4.69) is 5.32 Å². The van der Waals surface area contributed by atoms with Gasteiger partial charge in [0.1, 0.15) is 5.75 Å². The lowest BCUT2D eigenvalue weighted by Crippen LogP contribution is -2.27. The summed E-state index contributed by atoms with van der Waals surface area (Å²) in [6, 6.07) is 12.7. The second-order valence-corrected chi connectivity index (χ2v) is 6.56. The number of carbonyl (C=O) groups excluding carboxylic acids is 3. The van der Waals surface area contributed by atoms with E-state index >= 15 is 0 Å². The smallest absolute Gasteiger partial charge is 0.455 e. The maximum atomic E-state index is 12.2. The third-order valence-electron chi connectivity index (χ3n) is 3.74. The van der Waals surface area contributed by atoms with Gasteiger partial charge in [-0.05, 0) is 42.0 Å². The number of hydrogen-bond donors (Lipinski definition) is 5. The molecule has 0 aliphatic rings. The second kappa shape index (κ2) is 12.9. The van der Waals surface area contributed by atoms with Crippen LogP contribution in [0.3, 0.4) is 0 Å². The first-order valence-electron chi connectivity index (χ1n) is 9.27. The normalized spacial score (nSPS) is 9.52. The number of nitrogens with two attached hydrogens (primary N) is 1. The minimum Gasteiger partial charge on any atom is -0.455 e. The molecule has 1 amide bonds. The lowest BCUT2D eigenvalue weighted by atomic mass is 10.1. The Hall–Kier alpha value is -4.61. The minimum absolute atomic E-state index is 0.000450. The average Bonchev–Trinajstić information content (AvgIpc) is 2.73. The summed E-state index contributed by atoms with van der Waals surface area (Å²) >= 11 is 0. The van der Waals surface area contributed by atoms with Crippen LogP contribution in [-0.4, -0.2) is 65.8 Å². The molecule has 0 atom stereocenters. The van der Waals surface area contributed by atoms with Gasteiger partial charge in [0.25, 0.3) is 5.91 Å². The Balaban J connectivity index is 0.00000125. The van der Waals surface area contributed by atoms with E-state index in [-0.39, 0.29) is 24.9 Å². The second-order valence-electron chi connectivity index (χ2n) is 6.56. The number of carboxylic acid groups (broad SMARTS) is 2. The summed E-state index contributed by atoms with van der Waals surface area (Å²) in [5, 5.41) is 23.7. The minimum atomic E-state index is -1.83. The van der Waals surface area contributed by atoms with Gasteiger partial charge in [0, 0.05) is 19.8 Å². The predicted octanol–water partition coefficient (Wildman–Crippen LogP) is 1.61. The lowest BCUT2D eigenvalue weighted by Gasteiger charge is -2.10. The van der Waals surface area contributed by atoms with E-state index in [1.165, 1.54) is 4.90 Å². The number of esters is 2. The number of amides is 1. The standard InChI is InChI=1S/C20H22N4O5.CH2O3/c1-24(2)17(25)12-28-18(26)11-13-3-9-16(10-4-13)29-19(27)14-5-7-15(8-6-14)23-20(21)22;2-1(3)4/h3-10H,11-12H2,1-2H3,(H4,21,22,23);(H2,2,3,4). The molecule has 2 aromatic carbocycles. The number of anilines is 1. The van der Waals surface area contributed by atoms with Crippen molar-refractivity contribution in [2.24, 2.45) is 5.73 Å². The quantitative estimate of drug-likeness (QED) is 0.175. The maximum absolute atomic E-state index is 12.2. The summed E-state index contributed by atoms with van der Waals surface area (Å²) in [6.07, 6.45) is -1.83. The van der Waals surface area contributed by atoms with Crippen LogP contribution in [-0.2, 0) is 20.7 Å². The van der Waals surface area contributed by atoms with E-state index in [1.807, 2.05) is 0 Å². The molecule has 2 rings (SSSR count). The molecular weight excluding hydrogens is 436 g/mol. The molecule has 6 N–H and O–H groups in total. The van der Waals surface area contributed by atoms with E-state index in [9.17, 15) is 14.4 Å². The van der Waals surface area contributed by atoms with Crippen molar-refractivity contribution in [1.29, 1.82) is 5.41 Å². The molecule has 0 saturated heterocycles. The summed E-state index contributed by atoms with van der Waals surface area (Å²) in [4.78, 5) is 45.3. The number of likely N-dealkylation sites (N-methyl/N-ethyl adjacent to an activating group) is 1. The van der Waals surface area contributed by atoms with E-state index < -0.39 is 18.1 Å². The number of hydrogen-bond acceptors (Lipinski definition) is 7. The van der Waals surface area contributed by atoms with Crippen molar-refractivity contribution in [3.05, 3.63) is 59.7 Å². The van der Waals surface area contributed by atoms with E-state index in [0.29, 0.717) is 22.6 Å². The highest BCUT2D eigenvalue weighted by Crippen LogP contribution is 2.16. The zero-order chi connectivity index (χ0) is 25.0. The van der Waals surface area contributed by atoms with Gasteiger partial charge in [-0.2, -0.15) is 0 Å². The third kappa shape index (κ3) is 10.8. The lowest BCUT2D eigenvalue weighted by molar-refractivity contribution is -0.150. The molecule has 0 aliphatic carbocycles. The van der Waals surface area contributed by atoms with Crippen LogP contribution in [0.15, 0.2) is 48.5 Å². The number of rotatable bonds is 7. The third-order valence-corrected chi connectivity index (χ3v) is 3.74. The molecule has 0 bridgehead atoms. The molecule has 12 heteroatoms. The van der Waals surface area contributed by atoms with Crippen LogP contribution >= 0.6 is 0 Å². The molecule has 0 spiro atoms. The van der Waals surface area contributed by atoms with Crippen LogP contribution in [0.1, 0.15) is 15.9 Å². The molecule has 0 unspecified atom stereocenters. The van der Waals surface area contributed by atoms with Crippen LogP contribution in [0.25, 0.3) is 0 Å². The van der Waals surface area contributed by atoms with Crippen molar-refractivity contribution >= 4 is 35.6 Å². The van der Waals surface area contributed by atoms with Gasteiger partial charge in [-0.3, -0.25) is 15.0 Å². The number of nitrogens with zero attached hydrogens (tertiary/aromatic N) is 1. The van der Waals surface area contributed by atoms with Crippen LogP contribution in [0, 0.1) is 5.41 Å². The summed E-state index contributed by atoms with van der Waals surface area (Å²) in [5.74, 6) is -1.25. The van der Waals surface area contributed by atoms with Crippen LogP contribution in [0.2, 0.25) is 0 Å². The van der Waals surface area contributed by atoms with Gasteiger partial charge in [-0.15, -0.1) is 0 Å². The first-order chi connectivity index (χ1) is 15.5. The number of benzene rings is 2. The molecule has 33 heavy (non-hydrogen) atoms. The molecule has 0 fully saturated rings. The molecule has 0 aliphatic heterocycles. The van der Waals surface area contributed by atoms with Crippen LogP contribution < -0.4 is 15.8 Å². The maximum Gasteiger partial charge on any atom is 0.503 e. The number of guanidine groups is 1. The zero-order valence-electron chi connectivity index (χ0n) is 17.9. The monoisotopic (exact) mass is 460 g/mol. The molecule has 176 valence electrons. The highest BCUT2D eigenvalue weighted by molar-refractivity contribution is 5.93. The topological polar surface area (TPSA) is 192 Å². The predicted molar refractivity (Wildman–Crippen MR) is 117 cm³/mol. The van der Waals surface area contributed by atoms with Crippen LogP contribution in [0.5, 0.6) is 5.75 Å². The van der Waals surface area contributed by atoms with Gasteiger partial charge in [-0.25, -0.2) is 9.59 Å². The van der Waals surface area contributed by atoms with Crippen molar-refractivity contribution in [1.82, 2.24) is 4.90 Å². The number of carbonyl (C=O) groups is 4. The number of ether oxygens (including phenoxy) is 2. The Bertz CT molecular complexity index is 984.